The van der Waals surface area contributed by atoms with Crippen molar-refractivity contribution in [2.24, 2.45) is 7.05 Å². The predicted octanol–water partition coefficient (Wildman–Crippen LogP) is 3.22. The number of carbonyl (C=O) groups is 1. The van der Waals surface area contributed by atoms with E-state index in [1.54, 1.807) is 7.11 Å². The Bertz CT molecular complexity index is 865. The average molecular weight is 354 g/mol. The van der Waals surface area contributed by atoms with Crippen molar-refractivity contribution < 1.29 is 9.53 Å². The molecule has 0 atom stereocenters. The largest absolute Gasteiger partial charge is 0.497 e. The molecule has 6 nitrogen and oxygen atoms in total. The number of ether oxygens (including phenoxy) is 1. The van der Waals surface area contributed by atoms with E-state index < -0.39 is 0 Å². The number of hydrogen-bond acceptors (Lipinski definition) is 5. The summed E-state index contributed by atoms with van der Waals surface area (Å²) in [6, 6.07) is 17.0. The molecule has 1 aromatic heterocycles. The van der Waals surface area contributed by atoms with Crippen molar-refractivity contribution in [2.75, 3.05) is 18.2 Å². The second-order valence-corrected chi connectivity index (χ2v) is 6.24. The Hall–Kier alpha value is -2.80. The van der Waals surface area contributed by atoms with Crippen molar-refractivity contribution in [3.05, 3.63) is 54.6 Å². The molecule has 1 heterocycles. The van der Waals surface area contributed by atoms with Crippen molar-refractivity contribution in [2.45, 2.75) is 5.16 Å². The smallest absolute Gasteiger partial charge is 0.234 e. The monoisotopic (exact) mass is 354 g/mol. The van der Waals surface area contributed by atoms with Crippen LogP contribution in [-0.4, -0.2) is 33.5 Å². The van der Waals surface area contributed by atoms with Gasteiger partial charge in [-0.15, -0.1) is 10.2 Å². The van der Waals surface area contributed by atoms with Gasteiger partial charge >= 0.3 is 0 Å². The number of nitrogens with one attached hydrogen (secondary N) is 1. The van der Waals surface area contributed by atoms with Gasteiger partial charge in [-0.1, -0.05) is 42.1 Å². The molecule has 3 aromatic rings. The van der Waals surface area contributed by atoms with E-state index in [-0.39, 0.29) is 11.7 Å². The molecule has 0 bridgehead atoms. The molecule has 0 aliphatic carbocycles. The molecule has 0 spiro atoms. The minimum absolute atomic E-state index is 0.0814. The fourth-order valence-corrected chi connectivity index (χ4v) is 3.01. The lowest BCUT2D eigenvalue weighted by Gasteiger charge is -2.06. The molecule has 0 radical (unpaired) electrons. The average Bonchev–Trinajstić information content (AvgIpc) is 3.01. The number of nitrogens with zero attached hydrogens (tertiary/aromatic N) is 3. The Morgan fingerprint density at radius 3 is 2.72 bits per heavy atom. The van der Waals surface area contributed by atoms with Crippen LogP contribution in [0.15, 0.2) is 59.8 Å². The molecule has 25 heavy (non-hydrogen) atoms. The van der Waals surface area contributed by atoms with Gasteiger partial charge in [-0.2, -0.15) is 0 Å². The van der Waals surface area contributed by atoms with Crippen molar-refractivity contribution >= 4 is 23.4 Å². The van der Waals surface area contributed by atoms with Gasteiger partial charge in [-0.25, -0.2) is 0 Å². The van der Waals surface area contributed by atoms with Crippen molar-refractivity contribution in [1.29, 1.82) is 0 Å². The third-order valence-corrected chi connectivity index (χ3v) is 4.57. The molecule has 0 unspecified atom stereocenters. The van der Waals surface area contributed by atoms with Crippen LogP contribution in [-0.2, 0) is 11.8 Å². The predicted molar refractivity (Wildman–Crippen MR) is 98.8 cm³/mol. The maximum absolute atomic E-state index is 12.1. The number of para-hydroxylation sites is 1. The summed E-state index contributed by atoms with van der Waals surface area (Å²) in [6.07, 6.45) is 0. The topological polar surface area (TPSA) is 69.0 Å². The molecule has 1 N–H and O–H groups in total. The SMILES string of the molecule is COc1cccc(-c2nnc(SCC(=O)Nc3ccccc3)n2C)c1. The van der Waals surface area contributed by atoms with Crippen molar-refractivity contribution in [1.82, 2.24) is 14.8 Å². The van der Waals surface area contributed by atoms with Crippen LogP contribution in [0.25, 0.3) is 11.4 Å². The van der Waals surface area contributed by atoms with Gasteiger partial charge in [0.2, 0.25) is 5.91 Å². The Labute approximate surface area is 150 Å². The number of benzene rings is 2. The Morgan fingerprint density at radius 2 is 1.96 bits per heavy atom. The summed E-state index contributed by atoms with van der Waals surface area (Å²) < 4.78 is 7.11. The summed E-state index contributed by atoms with van der Waals surface area (Å²) in [5.74, 6) is 1.67. The van der Waals surface area contributed by atoms with Gasteiger partial charge in [-0.05, 0) is 24.3 Å². The number of rotatable bonds is 6. The number of amides is 1. The van der Waals surface area contributed by atoms with Crippen LogP contribution in [0, 0.1) is 0 Å². The first-order chi connectivity index (χ1) is 12.2. The molecule has 0 aliphatic heterocycles. The molecule has 0 saturated carbocycles. The summed E-state index contributed by atoms with van der Waals surface area (Å²) in [7, 11) is 3.51. The molecule has 1 amide bonds. The van der Waals surface area contributed by atoms with Crippen LogP contribution in [0.1, 0.15) is 0 Å². The summed E-state index contributed by atoms with van der Waals surface area (Å²) in [4.78, 5) is 12.1. The number of aromatic nitrogens is 3. The van der Waals surface area contributed by atoms with E-state index in [1.165, 1.54) is 11.8 Å². The maximum Gasteiger partial charge on any atom is 0.234 e. The lowest BCUT2D eigenvalue weighted by molar-refractivity contribution is -0.113. The fourth-order valence-electron chi connectivity index (χ4n) is 2.30. The van der Waals surface area contributed by atoms with E-state index in [1.807, 2.05) is 66.2 Å². The molecule has 7 heteroatoms. The quantitative estimate of drug-likeness (QED) is 0.688. The third-order valence-electron chi connectivity index (χ3n) is 3.55. The minimum atomic E-state index is -0.0814. The van der Waals surface area contributed by atoms with Gasteiger partial charge in [0.1, 0.15) is 5.75 Å². The summed E-state index contributed by atoms with van der Waals surface area (Å²) >= 11 is 1.35. The van der Waals surface area contributed by atoms with Crippen LogP contribution in [0.5, 0.6) is 5.75 Å². The van der Waals surface area contributed by atoms with Crippen LogP contribution in [0.4, 0.5) is 5.69 Å². The van der Waals surface area contributed by atoms with E-state index in [2.05, 4.69) is 15.5 Å². The molecule has 128 valence electrons. The highest BCUT2D eigenvalue weighted by molar-refractivity contribution is 7.99. The molecule has 2 aromatic carbocycles. The second-order valence-electron chi connectivity index (χ2n) is 5.30. The molecule has 3 rings (SSSR count). The zero-order chi connectivity index (χ0) is 17.6. The van der Waals surface area contributed by atoms with Crippen molar-refractivity contribution in [3.63, 3.8) is 0 Å². The van der Waals surface area contributed by atoms with Gasteiger partial charge in [0.25, 0.3) is 0 Å². The third kappa shape index (κ3) is 4.19. The number of hydrogen-bond donors (Lipinski definition) is 1. The zero-order valence-electron chi connectivity index (χ0n) is 14.0. The van der Waals surface area contributed by atoms with Gasteiger partial charge in [0.15, 0.2) is 11.0 Å². The standard InChI is InChI=1S/C18H18N4O2S/c1-22-17(13-7-6-10-15(11-13)24-2)20-21-18(22)25-12-16(23)19-14-8-4-3-5-9-14/h3-11H,12H2,1-2H3,(H,19,23). The fraction of sp³-hybridized carbons (Fsp3) is 0.167. The van der Waals surface area contributed by atoms with Gasteiger partial charge in [-0.3, -0.25) is 4.79 Å². The zero-order valence-corrected chi connectivity index (χ0v) is 14.8. The van der Waals surface area contributed by atoms with Crippen LogP contribution in [0.3, 0.4) is 0 Å². The molecule has 0 aliphatic rings. The van der Waals surface area contributed by atoms with E-state index in [0.29, 0.717) is 5.16 Å². The normalized spacial score (nSPS) is 10.5. The summed E-state index contributed by atoms with van der Waals surface area (Å²) in [5.41, 5.74) is 1.69. The molecular formula is C18H18N4O2S. The highest BCUT2D eigenvalue weighted by Gasteiger charge is 2.13. The first kappa shape index (κ1) is 17.0. The first-order valence-corrected chi connectivity index (χ1v) is 8.67. The van der Waals surface area contributed by atoms with Gasteiger partial charge < -0.3 is 14.6 Å². The van der Waals surface area contributed by atoms with E-state index in [4.69, 9.17) is 4.74 Å². The van der Waals surface area contributed by atoms with E-state index >= 15 is 0 Å². The molecule has 0 saturated heterocycles. The lowest BCUT2D eigenvalue weighted by Crippen LogP contribution is -2.14. The maximum atomic E-state index is 12.1. The van der Waals surface area contributed by atoms with E-state index in [0.717, 1.165) is 22.8 Å². The lowest BCUT2D eigenvalue weighted by atomic mass is 10.2. The molecular weight excluding hydrogens is 336 g/mol. The number of carbonyl (C=O) groups excluding carboxylic acids is 1. The Morgan fingerprint density at radius 1 is 1.16 bits per heavy atom. The van der Waals surface area contributed by atoms with Crippen LogP contribution >= 0.6 is 11.8 Å². The Balaban J connectivity index is 1.66. The molecule has 0 fully saturated rings. The van der Waals surface area contributed by atoms with Gasteiger partial charge in [0.05, 0.1) is 12.9 Å². The summed E-state index contributed by atoms with van der Waals surface area (Å²) in [5, 5.41) is 11.9. The van der Waals surface area contributed by atoms with Crippen molar-refractivity contribution in [3.8, 4) is 17.1 Å². The van der Waals surface area contributed by atoms with Crippen LogP contribution in [0.2, 0.25) is 0 Å². The first-order valence-electron chi connectivity index (χ1n) is 7.69. The second kappa shape index (κ2) is 7.85. The highest BCUT2D eigenvalue weighted by Crippen LogP contribution is 2.25. The summed E-state index contributed by atoms with van der Waals surface area (Å²) in [6.45, 7) is 0. The van der Waals surface area contributed by atoms with Gasteiger partial charge in [0, 0.05) is 18.3 Å². The Kier molecular flexibility index (Phi) is 5.35. The highest BCUT2D eigenvalue weighted by atomic mass is 32.2. The number of methoxy groups -OCH3 is 1. The minimum Gasteiger partial charge on any atom is -0.497 e. The number of anilines is 1. The number of thioether (sulfide) groups is 1. The van der Waals surface area contributed by atoms with E-state index in [9.17, 15) is 4.79 Å². The van der Waals surface area contributed by atoms with Crippen LogP contribution < -0.4 is 10.1 Å².